The molecule has 0 saturated carbocycles. The molecule has 1 heterocycles. The quantitative estimate of drug-likeness (QED) is 0.940. The lowest BCUT2D eigenvalue weighted by atomic mass is 10.0. The molecule has 4 heteroatoms. The smallest absolute Gasteiger partial charge is 0.244 e. The Balaban J connectivity index is 1.53. The highest BCUT2D eigenvalue weighted by Crippen LogP contribution is 2.21. The molecule has 0 spiro atoms. The molecule has 0 radical (unpaired) electrons. The maximum atomic E-state index is 12.6. The molecule has 2 aromatic rings. The van der Waals surface area contributed by atoms with Crippen molar-refractivity contribution in [3.63, 3.8) is 0 Å². The highest BCUT2D eigenvalue weighted by atomic mass is 16.5. The molecular formula is C20H24N2O2. The monoisotopic (exact) mass is 324 g/mol. The average molecular weight is 324 g/mol. The first-order valence-corrected chi connectivity index (χ1v) is 8.46. The van der Waals surface area contributed by atoms with Crippen molar-refractivity contribution in [2.45, 2.75) is 31.9 Å². The number of benzene rings is 2. The standard InChI is InChI=1S/C20H24N2O2/c1-15-7-9-17(10-8-15)24-18-11-13-22(14-12-18)20(23)19(21)16-5-3-2-4-6-16/h2-10,18-19H,11-14,21H2,1H3. The lowest BCUT2D eigenvalue weighted by Crippen LogP contribution is -2.45. The van der Waals surface area contributed by atoms with E-state index in [0.717, 1.165) is 24.2 Å². The SMILES string of the molecule is Cc1ccc(OC2CCN(C(=O)C(N)c3ccccc3)CC2)cc1. The Kier molecular flexibility index (Phi) is 5.16. The molecule has 2 N–H and O–H groups in total. The van der Waals surface area contributed by atoms with Gasteiger partial charge in [-0.1, -0.05) is 48.0 Å². The Bertz CT molecular complexity index is 662. The van der Waals surface area contributed by atoms with Gasteiger partial charge in [-0.2, -0.15) is 0 Å². The molecule has 0 bridgehead atoms. The first kappa shape index (κ1) is 16.5. The van der Waals surface area contributed by atoms with Crippen molar-refractivity contribution in [1.29, 1.82) is 0 Å². The minimum absolute atomic E-state index is 0.00464. The summed E-state index contributed by atoms with van der Waals surface area (Å²) in [6, 6.07) is 17.0. The molecule has 24 heavy (non-hydrogen) atoms. The highest BCUT2D eigenvalue weighted by molar-refractivity contribution is 5.83. The minimum atomic E-state index is -0.583. The van der Waals surface area contributed by atoms with Gasteiger partial charge < -0.3 is 15.4 Å². The number of carbonyl (C=O) groups excluding carboxylic acids is 1. The lowest BCUT2D eigenvalue weighted by molar-refractivity contribution is -0.134. The molecule has 1 aliphatic rings. The van der Waals surface area contributed by atoms with Gasteiger partial charge in [0.2, 0.25) is 5.91 Å². The van der Waals surface area contributed by atoms with Crippen LogP contribution in [-0.2, 0) is 4.79 Å². The van der Waals surface area contributed by atoms with Crippen LogP contribution in [0.25, 0.3) is 0 Å². The van der Waals surface area contributed by atoms with Crippen LogP contribution < -0.4 is 10.5 Å². The topological polar surface area (TPSA) is 55.6 Å². The van der Waals surface area contributed by atoms with Crippen molar-refractivity contribution in [3.8, 4) is 5.75 Å². The van der Waals surface area contributed by atoms with Crippen molar-refractivity contribution < 1.29 is 9.53 Å². The first-order chi connectivity index (χ1) is 11.6. The van der Waals surface area contributed by atoms with E-state index >= 15 is 0 Å². The summed E-state index contributed by atoms with van der Waals surface area (Å²) in [6.45, 7) is 3.44. The zero-order chi connectivity index (χ0) is 16.9. The Morgan fingerprint density at radius 2 is 1.71 bits per heavy atom. The van der Waals surface area contributed by atoms with Gasteiger partial charge in [-0.3, -0.25) is 4.79 Å². The van der Waals surface area contributed by atoms with Gasteiger partial charge in [0.15, 0.2) is 0 Å². The van der Waals surface area contributed by atoms with Crippen LogP contribution in [0.15, 0.2) is 54.6 Å². The van der Waals surface area contributed by atoms with Crippen molar-refractivity contribution >= 4 is 5.91 Å². The number of rotatable bonds is 4. The van der Waals surface area contributed by atoms with Crippen LogP contribution in [0.4, 0.5) is 0 Å². The van der Waals surface area contributed by atoms with Crippen molar-refractivity contribution in [2.24, 2.45) is 5.73 Å². The number of likely N-dealkylation sites (tertiary alicyclic amines) is 1. The Labute approximate surface area is 143 Å². The van der Waals surface area contributed by atoms with E-state index in [-0.39, 0.29) is 12.0 Å². The van der Waals surface area contributed by atoms with Crippen LogP contribution in [0.5, 0.6) is 5.75 Å². The van der Waals surface area contributed by atoms with Gasteiger partial charge in [0.1, 0.15) is 17.9 Å². The van der Waals surface area contributed by atoms with Crippen LogP contribution in [0.3, 0.4) is 0 Å². The van der Waals surface area contributed by atoms with Crippen LogP contribution in [0.1, 0.15) is 30.0 Å². The molecule has 1 aliphatic heterocycles. The number of nitrogens with zero attached hydrogens (tertiary/aromatic N) is 1. The summed E-state index contributed by atoms with van der Waals surface area (Å²) in [7, 11) is 0. The fraction of sp³-hybridized carbons (Fsp3) is 0.350. The molecule has 3 rings (SSSR count). The summed E-state index contributed by atoms with van der Waals surface area (Å²) in [5.74, 6) is 0.890. The Morgan fingerprint density at radius 3 is 2.33 bits per heavy atom. The number of ether oxygens (including phenoxy) is 1. The fourth-order valence-electron chi connectivity index (χ4n) is 3.00. The summed E-state index contributed by atoms with van der Waals surface area (Å²) in [6.07, 6.45) is 1.83. The lowest BCUT2D eigenvalue weighted by Gasteiger charge is -2.33. The van der Waals surface area contributed by atoms with Crippen LogP contribution in [0, 0.1) is 6.92 Å². The number of piperidine rings is 1. The molecule has 1 fully saturated rings. The van der Waals surface area contributed by atoms with Gasteiger partial charge in [-0.15, -0.1) is 0 Å². The summed E-state index contributed by atoms with van der Waals surface area (Å²) >= 11 is 0. The number of nitrogens with two attached hydrogens (primary N) is 1. The summed E-state index contributed by atoms with van der Waals surface area (Å²) in [5.41, 5.74) is 8.20. The molecule has 1 unspecified atom stereocenters. The zero-order valence-electron chi connectivity index (χ0n) is 14.0. The van der Waals surface area contributed by atoms with E-state index in [1.165, 1.54) is 5.56 Å². The maximum absolute atomic E-state index is 12.6. The van der Waals surface area contributed by atoms with Crippen molar-refractivity contribution in [3.05, 3.63) is 65.7 Å². The van der Waals surface area contributed by atoms with E-state index in [0.29, 0.717) is 13.1 Å². The summed E-state index contributed by atoms with van der Waals surface area (Å²) in [5, 5.41) is 0. The normalized spacial score (nSPS) is 16.7. The molecule has 1 atom stereocenters. The molecule has 1 saturated heterocycles. The van der Waals surface area contributed by atoms with Crippen molar-refractivity contribution in [2.75, 3.05) is 13.1 Å². The second-order valence-corrected chi connectivity index (χ2v) is 6.34. The average Bonchev–Trinajstić information content (AvgIpc) is 2.64. The summed E-state index contributed by atoms with van der Waals surface area (Å²) < 4.78 is 6.01. The molecule has 4 nitrogen and oxygen atoms in total. The van der Waals surface area contributed by atoms with E-state index in [2.05, 4.69) is 6.92 Å². The van der Waals surface area contributed by atoms with Gasteiger partial charge in [-0.25, -0.2) is 0 Å². The third-order valence-corrected chi connectivity index (χ3v) is 4.50. The zero-order valence-corrected chi connectivity index (χ0v) is 14.0. The number of carbonyl (C=O) groups is 1. The molecular weight excluding hydrogens is 300 g/mol. The largest absolute Gasteiger partial charge is 0.490 e. The van der Waals surface area contributed by atoms with E-state index in [4.69, 9.17) is 10.5 Å². The van der Waals surface area contributed by atoms with Crippen LogP contribution in [0.2, 0.25) is 0 Å². The number of amides is 1. The van der Waals surface area contributed by atoms with E-state index in [9.17, 15) is 4.79 Å². The molecule has 126 valence electrons. The second-order valence-electron chi connectivity index (χ2n) is 6.34. The van der Waals surface area contributed by atoms with Crippen LogP contribution in [-0.4, -0.2) is 30.0 Å². The molecule has 0 aliphatic carbocycles. The van der Waals surface area contributed by atoms with Crippen molar-refractivity contribution in [1.82, 2.24) is 4.90 Å². The van der Waals surface area contributed by atoms with E-state index < -0.39 is 6.04 Å². The molecule has 2 aromatic carbocycles. The number of hydrogen-bond acceptors (Lipinski definition) is 3. The van der Waals surface area contributed by atoms with Gasteiger partial charge in [0, 0.05) is 25.9 Å². The van der Waals surface area contributed by atoms with E-state index in [1.807, 2.05) is 59.5 Å². The summed E-state index contributed by atoms with van der Waals surface area (Å²) in [4.78, 5) is 14.4. The third kappa shape index (κ3) is 3.95. The highest BCUT2D eigenvalue weighted by Gasteiger charge is 2.27. The predicted octanol–water partition coefficient (Wildman–Crippen LogP) is 3.06. The predicted molar refractivity (Wildman–Crippen MR) is 94.8 cm³/mol. The third-order valence-electron chi connectivity index (χ3n) is 4.50. The van der Waals surface area contributed by atoms with Gasteiger partial charge >= 0.3 is 0 Å². The molecule has 1 amide bonds. The fourth-order valence-corrected chi connectivity index (χ4v) is 3.00. The van der Waals surface area contributed by atoms with Gasteiger partial charge in [0.25, 0.3) is 0 Å². The van der Waals surface area contributed by atoms with Gasteiger partial charge in [-0.05, 0) is 24.6 Å². The first-order valence-electron chi connectivity index (χ1n) is 8.46. The van der Waals surface area contributed by atoms with E-state index in [1.54, 1.807) is 0 Å². The second kappa shape index (κ2) is 7.49. The number of aryl methyl sites for hydroxylation is 1. The van der Waals surface area contributed by atoms with Crippen LogP contribution >= 0.6 is 0 Å². The Morgan fingerprint density at radius 1 is 1.08 bits per heavy atom. The number of hydrogen-bond donors (Lipinski definition) is 1. The minimum Gasteiger partial charge on any atom is -0.490 e. The maximum Gasteiger partial charge on any atom is 0.244 e. The van der Waals surface area contributed by atoms with Gasteiger partial charge in [0.05, 0.1) is 0 Å². The molecule has 0 aromatic heterocycles. The Hall–Kier alpha value is -2.33.